The third kappa shape index (κ3) is 1.59. The zero-order valence-corrected chi connectivity index (χ0v) is 8.40. The molecule has 0 aromatic carbocycles. The predicted molar refractivity (Wildman–Crippen MR) is 52.5 cm³/mol. The molecule has 0 spiro atoms. The van der Waals surface area contributed by atoms with Crippen LogP contribution in [0.25, 0.3) is 0 Å². The number of nitrogens with one attached hydrogen (secondary N) is 2. The molecule has 6 heteroatoms. The van der Waals surface area contributed by atoms with E-state index in [-0.39, 0.29) is 23.7 Å². The lowest BCUT2D eigenvalue weighted by atomic mass is 9.81. The van der Waals surface area contributed by atoms with Gasteiger partial charge in [-0.05, 0) is 31.1 Å². The van der Waals surface area contributed by atoms with Crippen LogP contribution in [0.4, 0.5) is 0 Å². The molecule has 2 bridgehead atoms. The summed E-state index contributed by atoms with van der Waals surface area (Å²) in [5.41, 5.74) is 4.37. The van der Waals surface area contributed by atoms with Crippen molar-refractivity contribution in [3.05, 3.63) is 0 Å². The highest BCUT2D eigenvalue weighted by Crippen LogP contribution is 2.51. The second-order valence-corrected chi connectivity index (χ2v) is 4.46. The summed E-state index contributed by atoms with van der Waals surface area (Å²) in [6, 6.07) is 0. The van der Waals surface area contributed by atoms with Gasteiger partial charge in [0.1, 0.15) is 0 Å². The number of rotatable bonds is 2. The second-order valence-electron chi connectivity index (χ2n) is 4.46. The van der Waals surface area contributed by atoms with Gasteiger partial charge in [0.15, 0.2) is 0 Å². The van der Waals surface area contributed by atoms with Gasteiger partial charge in [0.2, 0.25) is 11.8 Å². The van der Waals surface area contributed by atoms with E-state index in [1.807, 2.05) is 0 Å². The number of carbonyl (C=O) groups is 2. The van der Waals surface area contributed by atoms with Gasteiger partial charge in [0.25, 0.3) is 0 Å². The van der Waals surface area contributed by atoms with E-state index >= 15 is 0 Å². The van der Waals surface area contributed by atoms with Crippen LogP contribution >= 0.6 is 0 Å². The van der Waals surface area contributed by atoms with E-state index in [9.17, 15) is 9.59 Å². The van der Waals surface area contributed by atoms with Crippen LogP contribution in [0.3, 0.4) is 0 Å². The van der Waals surface area contributed by atoms with Gasteiger partial charge >= 0.3 is 0 Å². The van der Waals surface area contributed by atoms with E-state index in [2.05, 4.69) is 10.9 Å². The summed E-state index contributed by atoms with van der Waals surface area (Å²) in [6.07, 6.45) is 2.45. The topological polar surface area (TPSA) is 110 Å². The average molecular weight is 212 g/mol. The van der Waals surface area contributed by atoms with Crippen molar-refractivity contribution >= 4 is 11.8 Å². The van der Waals surface area contributed by atoms with Crippen LogP contribution < -0.4 is 22.5 Å². The maximum absolute atomic E-state index is 11.4. The Morgan fingerprint density at radius 3 is 1.53 bits per heavy atom. The van der Waals surface area contributed by atoms with Crippen molar-refractivity contribution in [3.8, 4) is 0 Å². The molecule has 84 valence electrons. The summed E-state index contributed by atoms with van der Waals surface area (Å²) in [7, 11) is 0. The van der Waals surface area contributed by atoms with Crippen LogP contribution in [0.15, 0.2) is 0 Å². The Hall–Kier alpha value is -1.14. The number of fused-ring (bicyclic) bond motifs is 2. The summed E-state index contributed by atoms with van der Waals surface area (Å²) in [5, 5.41) is 0. The Morgan fingerprint density at radius 1 is 0.867 bits per heavy atom. The lowest BCUT2D eigenvalue weighted by molar-refractivity contribution is -0.131. The average Bonchev–Trinajstić information content (AvgIpc) is 2.85. The standard InChI is InChI=1S/C9H16N4O2/c10-12-8(14)6-2-4-1-5(6)3-7(4)9(15)13-11/h4-7H,1-3,10-11H2,(H,12,14)(H,13,15)/t4-,5-,6-,7+/m1/s1. The van der Waals surface area contributed by atoms with Crippen LogP contribution in [0.2, 0.25) is 0 Å². The molecule has 0 aliphatic heterocycles. The Balaban J connectivity index is 2.00. The third-order valence-electron chi connectivity index (χ3n) is 3.81. The fourth-order valence-corrected chi connectivity index (χ4v) is 3.13. The molecule has 2 fully saturated rings. The first-order valence-electron chi connectivity index (χ1n) is 5.18. The SMILES string of the molecule is NNC(=O)[C@H]1C[C@H]2C[C@@H]1C[C@H]2C(=O)NN. The molecule has 0 radical (unpaired) electrons. The van der Waals surface area contributed by atoms with Crippen LogP contribution in [0, 0.1) is 23.7 Å². The minimum atomic E-state index is -0.103. The maximum atomic E-state index is 11.4. The van der Waals surface area contributed by atoms with E-state index in [1.54, 1.807) is 0 Å². The van der Waals surface area contributed by atoms with E-state index in [1.165, 1.54) is 0 Å². The van der Waals surface area contributed by atoms with E-state index in [0.29, 0.717) is 11.8 Å². The monoisotopic (exact) mass is 212 g/mol. The molecule has 2 aliphatic rings. The van der Waals surface area contributed by atoms with E-state index in [0.717, 1.165) is 19.3 Å². The maximum Gasteiger partial charge on any atom is 0.237 e. The summed E-state index contributed by atoms with van der Waals surface area (Å²) < 4.78 is 0. The van der Waals surface area contributed by atoms with E-state index < -0.39 is 0 Å². The van der Waals surface area contributed by atoms with Gasteiger partial charge in [0, 0.05) is 11.8 Å². The normalized spacial score (nSPS) is 37.7. The van der Waals surface area contributed by atoms with Crippen molar-refractivity contribution in [2.45, 2.75) is 19.3 Å². The molecule has 6 nitrogen and oxygen atoms in total. The van der Waals surface area contributed by atoms with Gasteiger partial charge in [-0.2, -0.15) is 0 Å². The zero-order valence-electron chi connectivity index (χ0n) is 8.40. The third-order valence-corrected chi connectivity index (χ3v) is 3.81. The van der Waals surface area contributed by atoms with Crippen molar-refractivity contribution in [3.63, 3.8) is 0 Å². The quantitative estimate of drug-likeness (QED) is 0.257. The lowest BCUT2D eigenvalue weighted by Crippen LogP contribution is -2.42. The number of hydrazine groups is 2. The Morgan fingerprint density at radius 2 is 1.27 bits per heavy atom. The molecule has 2 aliphatic carbocycles. The molecule has 4 atom stereocenters. The number of nitrogens with two attached hydrogens (primary N) is 2. The molecule has 6 N–H and O–H groups in total. The highest BCUT2D eigenvalue weighted by atomic mass is 16.2. The predicted octanol–water partition coefficient (Wildman–Crippen LogP) is -1.37. The molecule has 0 aromatic heterocycles. The highest BCUT2D eigenvalue weighted by molar-refractivity contribution is 5.82. The first kappa shape index (κ1) is 10.4. The number of carbonyl (C=O) groups excluding carboxylic acids is 2. The largest absolute Gasteiger partial charge is 0.294 e. The van der Waals surface area contributed by atoms with Gasteiger partial charge in [0.05, 0.1) is 0 Å². The lowest BCUT2D eigenvalue weighted by Gasteiger charge is -2.25. The summed E-state index contributed by atoms with van der Waals surface area (Å²) in [6.45, 7) is 0. The van der Waals surface area contributed by atoms with Crippen LogP contribution in [-0.2, 0) is 9.59 Å². The minimum Gasteiger partial charge on any atom is -0.294 e. The molecule has 0 heterocycles. The first-order valence-corrected chi connectivity index (χ1v) is 5.18. The van der Waals surface area contributed by atoms with Crippen molar-refractivity contribution in [2.75, 3.05) is 0 Å². The fraction of sp³-hybridized carbons (Fsp3) is 0.778. The number of hydrogen-bond donors (Lipinski definition) is 4. The second kappa shape index (κ2) is 3.79. The molecule has 0 saturated heterocycles. The minimum absolute atomic E-state index is 0.0122. The molecule has 2 saturated carbocycles. The van der Waals surface area contributed by atoms with Crippen LogP contribution in [0.1, 0.15) is 19.3 Å². The summed E-state index contributed by atoms with van der Waals surface area (Å²) in [4.78, 5) is 22.8. The Kier molecular flexibility index (Phi) is 2.62. The van der Waals surface area contributed by atoms with Gasteiger partial charge in [-0.1, -0.05) is 0 Å². The summed E-state index contributed by atoms with van der Waals surface area (Å²) >= 11 is 0. The van der Waals surface area contributed by atoms with Crippen molar-refractivity contribution in [2.24, 2.45) is 35.4 Å². The van der Waals surface area contributed by atoms with Gasteiger partial charge in [-0.3, -0.25) is 20.4 Å². The number of hydrogen-bond acceptors (Lipinski definition) is 4. The molecular formula is C9H16N4O2. The zero-order chi connectivity index (χ0) is 11.0. The first-order chi connectivity index (χ1) is 7.17. The Labute approximate surface area is 87.7 Å². The fourth-order valence-electron chi connectivity index (χ4n) is 3.13. The summed E-state index contributed by atoms with van der Waals surface area (Å²) in [5.74, 6) is 10.6. The van der Waals surface area contributed by atoms with E-state index in [4.69, 9.17) is 11.7 Å². The molecule has 15 heavy (non-hydrogen) atoms. The molecular weight excluding hydrogens is 196 g/mol. The van der Waals surface area contributed by atoms with Crippen LogP contribution in [0.5, 0.6) is 0 Å². The van der Waals surface area contributed by atoms with Crippen molar-refractivity contribution < 1.29 is 9.59 Å². The van der Waals surface area contributed by atoms with Crippen molar-refractivity contribution in [1.82, 2.24) is 10.9 Å². The van der Waals surface area contributed by atoms with Crippen LogP contribution in [-0.4, -0.2) is 11.8 Å². The Bertz CT molecular complexity index is 266. The number of amides is 2. The van der Waals surface area contributed by atoms with Gasteiger partial charge < -0.3 is 0 Å². The molecule has 0 aromatic rings. The van der Waals surface area contributed by atoms with Crippen molar-refractivity contribution in [1.29, 1.82) is 0 Å². The molecule has 0 unspecified atom stereocenters. The molecule has 2 rings (SSSR count). The van der Waals surface area contributed by atoms with Gasteiger partial charge in [-0.15, -0.1) is 0 Å². The van der Waals surface area contributed by atoms with Gasteiger partial charge in [-0.25, -0.2) is 11.7 Å². The smallest absolute Gasteiger partial charge is 0.237 e. The molecule has 2 amide bonds. The highest BCUT2D eigenvalue weighted by Gasteiger charge is 2.50.